The van der Waals surface area contributed by atoms with Crippen LogP contribution in [0.3, 0.4) is 0 Å². The first kappa shape index (κ1) is 17.2. The topological polar surface area (TPSA) is 86.7 Å². The molecule has 1 aromatic heterocycles. The third kappa shape index (κ3) is 4.56. The monoisotopic (exact) mass is 312 g/mol. The van der Waals surface area contributed by atoms with Gasteiger partial charge >= 0.3 is 5.97 Å². The molecule has 0 spiro atoms. The van der Waals surface area contributed by atoms with Crippen LogP contribution in [0.2, 0.25) is 0 Å². The molecule has 0 saturated heterocycles. The molecule has 7 heteroatoms. The molecule has 0 saturated carbocycles. The largest absolute Gasteiger partial charge is 0.480 e. The van der Waals surface area contributed by atoms with Crippen LogP contribution in [0.15, 0.2) is 6.07 Å². The van der Waals surface area contributed by atoms with Gasteiger partial charge in [-0.15, -0.1) is 11.3 Å². The summed E-state index contributed by atoms with van der Waals surface area (Å²) in [6, 6.07) is 0.816. The highest BCUT2D eigenvalue weighted by atomic mass is 32.1. The Morgan fingerprint density at radius 1 is 1.38 bits per heavy atom. The van der Waals surface area contributed by atoms with Gasteiger partial charge in [0, 0.05) is 24.9 Å². The number of hydrogen-bond acceptors (Lipinski definition) is 4. The normalized spacial score (nSPS) is 11.8. The lowest BCUT2D eigenvalue weighted by Gasteiger charge is -2.26. The second kappa shape index (κ2) is 7.21. The van der Waals surface area contributed by atoms with E-state index in [1.165, 1.54) is 30.1 Å². The highest BCUT2D eigenvalue weighted by Crippen LogP contribution is 2.22. The summed E-state index contributed by atoms with van der Waals surface area (Å²) >= 11 is 1.35. The van der Waals surface area contributed by atoms with Crippen LogP contribution < -0.4 is 5.32 Å². The fraction of sp³-hybridized carbons (Fsp3) is 0.500. The maximum Gasteiger partial charge on any atom is 0.326 e. The molecule has 0 aromatic carbocycles. The molecule has 2 N–H and O–H groups in total. The molecule has 1 unspecified atom stereocenters. The number of hydrogen-bond donors (Lipinski definition) is 2. The SMILES string of the molecule is CC(=O)NCCN(C(=O)c1cc(C)c(C)s1)C(C)C(=O)O. The molecular formula is C14H20N2O4S. The smallest absolute Gasteiger partial charge is 0.326 e. The molecule has 2 amide bonds. The van der Waals surface area contributed by atoms with E-state index in [4.69, 9.17) is 5.11 Å². The summed E-state index contributed by atoms with van der Waals surface area (Å²) in [5.41, 5.74) is 1.01. The molecule has 1 aromatic rings. The van der Waals surface area contributed by atoms with Crippen molar-refractivity contribution in [3.05, 3.63) is 21.4 Å². The Hall–Kier alpha value is -1.89. The van der Waals surface area contributed by atoms with Gasteiger partial charge in [0.2, 0.25) is 5.91 Å². The lowest BCUT2D eigenvalue weighted by Crippen LogP contribution is -2.46. The average molecular weight is 312 g/mol. The number of amides is 2. The van der Waals surface area contributed by atoms with Crippen molar-refractivity contribution in [2.24, 2.45) is 0 Å². The number of carbonyl (C=O) groups excluding carboxylic acids is 2. The summed E-state index contributed by atoms with van der Waals surface area (Å²) in [4.78, 5) is 37.4. The summed E-state index contributed by atoms with van der Waals surface area (Å²) in [7, 11) is 0. The Morgan fingerprint density at radius 2 is 2.00 bits per heavy atom. The fourth-order valence-corrected chi connectivity index (χ4v) is 2.77. The van der Waals surface area contributed by atoms with Crippen LogP contribution in [0.5, 0.6) is 0 Å². The van der Waals surface area contributed by atoms with Crippen molar-refractivity contribution in [1.29, 1.82) is 0 Å². The molecule has 1 rings (SSSR count). The maximum absolute atomic E-state index is 12.5. The summed E-state index contributed by atoms with van der Waals surface area (Å²) in [5, 5.41) is 11.7. The van der Waals surface area contributed by atoms with Crippen molar-refractivity contribution >= 4 is 29.1 Å². The Balaban J connectivity index is 2.91. The molecule has 21 heavy (non-hydrogen) atoms. The lowest BCUT2D eigenvalue weighted by molar-refractivity contribution is -0.141. The van der Waals surface area contributed by atoms with Gasteiger partial charge in [0.1, 0.15) is 6.04 Å². The van der Waals surface area contributed by atoms with Crippen molar-refractivity contribution in [3.63, 3.8) is 0 Å². The molecule has 1 heterocycles. The molecule has 0 aliphatic rings. The molecule has 1 atom stereocenters. The summed E-state index contributed by atoms with van der Waals surface area (Å²) in [6.45, 7) is 7.04. The number of nitrogens with zero attached hydrogens (tertiary/aromatic N) is 1. The highest BCUT2D eigenvalue weighted by molar-refractivity contribution is 7.14. The number of thiophene rings is 1. The van der Waals surface area contributed by atoms with Crippen molar-refractivity contribution in [2.45, 2.75) is 33.7 Å². The number of carbonyl (C=O) groups is 3. The van der Waals surface area contributed by atoms with E-state index in [-0.39, 0.29) is 24.9 Å². The Morgan fingerprint density at radius 3 is 2.43 bits per heavy atom. The standard InChI is InChI=1S/C14H20N2O4S/c1-8-7-12(21-10(8)3)13(18)16(9(2)14(19)20)6-5-15-11(4)17/h7,9H,5-6H2,1-4H3,(H,15,17)(H,19,20). The predicted octanol–water partition coefficient (Wildman–Crippen LogP) is 1.42. The number of aliphatic carboxylic acids is 1. The van der Waals surface area contributed by atoms with Gasteiger partial charge in [-0.1, -0.05) is 0 Å². The number of carboxylic acids is 1. The molecule has 0 aliphatic heterocycles. The quantitative estimate of drug-likeness (QED) is 0.831. The predicted molar refractivity (Wildman–Crippen MR) is 80.6 cm³/mol. The van der Waals surface area contributed by atoms with Gasteiger partial charge in [0.15, 0.2) is 0 Å². The third-order valence-corrected chi connectivity index (χ3v) is 4.33. The van der Waals surface area contributed by atoms with E-state index in [2.05, 4.69) is 5.32 Å². The molecule has 0 radical (unpaired) electrons. The first-order valence-electron chi connectivity index (χ1n) is 6.59. The van der Waals surface area contributed by atoms with Crippen molar-refractivity contribution < 1.29 is 19.5 Å². The minimum Gasteiger partial charge on any atom is -0.480 e. The van der Waals surface area contributed by atoms with E-state index in [1.54, 1.807) is 6.07 Å². The summed E-state index contributed by atoms with van der Waals surface area (Å²) < 4.78 is 0. The number of carboxylic acid groups (broad SMARTS) is 1. The van der Waals surface area contributed by atoms with E-state index >= 15 is 0 Å². The highest BCUT2D eigenvalue weighted by Gasteiger charge is 2.27. The summed E-state index contributed by atoms with van der Waals surface area (Å²) in [6.07, 6.45) is 0. The minimum atomic E-state index is -1.07. The maximum atomic E-state index is 12.5. The molecule has 6 nitrogen and oxygen atoms in total. The lowest BCUT2D eigenvalue weighted by atomic mass is 10.2. The van der Waals surface area contributed by atoms with Crippen LogP contribution in [-0.2, 0) is 9.59 Å². The summed E-state index contributed by atoms with van der Waals surface area (Å²) in [5.74, 6) is -1.61. The first-order chi connectivity index (χ1) is 9.73. The van der Waals surface area contributed by atoms with Crippen LogP contribution >= 0.6 is 11.3 Å². The van der Waals surface area contributed by atoms with Gasteiger partial charge < -0.3 is 15.3 Å². The van der Waals surface area contributed by atoms with Crippen molar-refractivity contribution in [1.82, 2.24) is 10.2 Å². The Labute approximate surface area is 127 Å². The van der Waals surface area contributed by atoms with Gasteiger partial charge in [-0.25, -0.2) is 4.79 Å². The van der Waals surface area contributed by atoms with Crippen molar-refractivity contribution in [2.75, 3.05) is 13.1 Å². The van der Waals surface area contributed by atoms with Crippen LogP contribution in [0, 0.1) is 13.8 Å². The molecule has 116 valence electrons. The van der Waals surface area contributed by atoms with E-state index in [0.29, 0.717) is 4.88 Å². The minimum absolute atomic E-state index is 0.155. The van der Waals surface area contributed by atoms with E-state index in [9.17, 15) is 14.4 Å². The second-order valence-electron chi connectivity index (χ2n) is 4.85. The zero-order valence-corrected chi connectivity index (χ0v) is 13.4. The average Bonchev–Trinajstić information content (AvgIpc) is 2.73. The van der Waals surface area contributed by atoms with Crippen molar-refractivity contribution in [3.8, 4) is 0 Å². The Kier molecular flexibility index (Phi) is 5.90. The van der Waals surface area contributed by atoms with Crippen LogP contribution in [0.4, 0.5) is 0 Å². The molecule has 0 aliphatic carbocycles. The Bertz CT molecular complexity index is 534. The van der Waals surface area contributed by atoms with Gasteiger partial charge in [-0.05, 0) is 32.4 Å². The molecule has 0 bridgehead atoms. The van der Waals surface area contributed by atoms with Gasteiger partial charge in [0.05, 0.1) is 4.88 Å². The number of rotatable bonds is 6. The second-order valence-corrected chi connectivity index (χ2v) is 6.10. The van der Waals surface area contributed by atoms with Crippen LogP contribution in [-0.4, -0.2) is 46.9 Å². The first-order valence-corrected chi connectivity index (χ1v) is 7.41. The van der Waals surface area contributed by atoms with Gasteiger partial charge in [-0.2, -0.15) is 0 Å². The van der Waals surface area contributed by atoms with E-state index < -0.39 is 12.0 Å². The number of aryl methyl sites for hydroxylation is 2. The van der Waals surface area contributed by atoms with E-state index in [1.807, 2.05) is 13.8 Å². The zero-order chi connectivity index (χ0) is 16.2. The van der Waals surface area contributed by atoms with Gasteiger partial charge in [0.25, 0.3) is 5.91 Å². The molecule has 0 fully saturated rings. The molecular weight excluding hydrogens is 292 g/mol. The van der Waals surface area contributed by atoms with Crippen LogP contribution in [0.25, 0.3) is 0 Å². The number of nitrogens with one attached hydrogen (secondary N) is 1. The van der Waals surface area contributed by atoms with Gasteiger partial charge in [-0.3, -0.25) is 9.59 Å². The third-order valence-electron chi connectivity index (χ3n) is 3.19. The van der Waals surface area contributed by atoms with E-state index in [0.717, 1.165) is 10.4 Å². The zero-order valence-electron chi connectivity index (χ0n) is 12.6. The fourth-order valence-electron chi connectivity index (χ4n) is 1.78. The van der Waals surface area contributed by atoms with Crippen LogP contribution in [0.1, 0.15) is 34.0 Å².